The first-order valence-electron chi connectivity index (χ1n) is 4.73. The summed E-state index contributed by atoms with van der Waals surface area (Å²) in [5.74, 6) is 0. The lowest BCUT2D eigenvalue weighted by atomic mass is 10.3. The molecular formula is C8H13N3O2S2. The number of aromatic nitrogens is 1. The van der Waals surface area contributed by atoms with Gasteiger partial charge in [0.25, 0.3) is 10.0 Å². The Morgan fingerprint density at radius 3 is 3.00 bits per heavy atom. The summed E-state index contributed by atoms with van der Waals surface area (Å²) in [5.41, 5.74) is 0. The van der Waals surface area contributed by atoms with E-state index in [1.807, 2.05) is 0 Å². The number of aryl methyl sites for hydroxylation is 1. The Kier molecular flexibility index (Phi) is 3.06. The molecule has 1 fully saturated rings. The molecular weight excluding hydrogens is 234 g/mol. The first-order valence-corrected chi connectivity index (χ1v) is 7.03. The molecule has 2 heterocycles. The molecule has 0 radical (unpaired) electrons. The van der Waals surface area contributed by atoms with Crippen LogP contribution in [-0.2, 0) is 10.0 Å². The van der Waals surface area contributed by atoms with Crippen LogP contribution in [0.15, 0.2) is 10.4 Å². The average molecular weight is 247 g/mol. The molecule has 7 heteroatoms. The zero-order valence-corrected chi connectivity index (χ0v) is 9.99. The van der Waals surface area contributed by atoms with E-state index in [0.717, 1.165) is 18.0 Å². The van der Waals surface area contributed by atoms with Gasteiger partial charge >= 0.3 is 0 Å². The van der Waals surface area contributed by atoms with Crippen LogP contribution >= 0.6 is 11.3 Å². The quantitative estimate of drug-likeness (QED) is 0.794. The molecule has 0 amide bonds. The van der Waals surface area contributed by atoms with Gasteiger partial charge in [-0.3, -0.25) is 0 Å². The molecule has 1 aromatic rings. The molecule has 0 saturated carbocycles. The van der Waals surface area contributed by atoms with E-state index in [0.29, 0.717) is 10.8 Å². The maximum absolute atomic E-state index is 11.8. The topological polar surface area (TPSA) is 71.1 Å². The van der Waals surface area contributed by atoms with Gasteiger partial charge in [-0.25, -0.2) is 18.1 Å². The van der Waals surface area contributed by atoms with Crippen LogP contribution in [0.25, 0.3) is 0 Å². The van der Waals surface area contributed by atoms with Crippen LogP contribution in [-0.4, -0.2) is 32.5 Å². The largest absolute Gasteiger partial charge is 0.315 e. The molecule has 84 valence electrons. The molecule has 0 aromatic carbocycles. The summed E-state index contributed by atoms with van der Waals surface area (Å²) in [6, 6.07) is 0.0115. The van der Waals surface area contributed by atoms with Crippen LogP contribution in [0.4, 0.5) is 0 Å². The Labute approximate surface area is 93.0 Å². The number of hydrogen-bond donors (Lipinski definition) is 2. The maximum Gasteiger partial charge on any atom is 0.251 e. The lowest BCUT2D eigenvalue weighted by Gasteiger charge is -2.09. The lowest BCUT2D eigenvalue weighted by molar-refractivity contribution is 0.562. The highest BCUT2D eigenvalue weighted by Crippen LogP contribution is 2.18. The summed E-state index contributed by atoms with van der Waals surface area (Å²) in [5, 5.41) is 3.88. The lowest BCUT2D eigenvalue weighted by Crippen LogP contribution is -2.35. The molecule has 2 N–H and O–H groups in total. The Hall–Kier alpha value is -0.500. The van der Waals surface area contributed by atoms with Gasteiger partial charge in [-0.1, -0.05) is 0 Å². The fraction of sp³-hybridized carbons (Fsp3) is 0.625. The molecule has 1 saturated heterocycles. The SMILES string of the molecule is Cc1ncc(S(=O)(=O)N[C@@H]2CCNC2)s1. The third-order valence-corrected chi connectivity index (χ3v) is 5.14. The fourth-order valence-corrected chi connectivity index (χ4v) is 3.89. The van der Waals surface area contributed by atoms with Crippen LogP contribution in [0.2, 0.25) is 0 Å². The zero-order valence-electron chi connectivity index (χ0n) is 8.36. The average Bonchev–Trinajstić information content (AvgIpc) is 2.75. The monoisotopic (exact) mass is 247 g/mol. The van der Waals surface area contributed by atoms with Crippen molar-refractivity contribution in [1.82, 2.24) is 15.0 Å². The number of rotatable bonds is 3. The Balaban J connectivity index is 2.12. The molecule has 0 unspecified atom stereocenters. The van der Waals surface area contributed by atoms with Gasteiger partial charge in [0.05, 0.1) is 11.2 Å². The highest BCUT2D eigenvalue weighted by Gasteiger charge is 2.23. The standard InChI is InChI=1S/C8H13N3O2S2/c1-6-10-5-8(14-6)15(12,13)11-7-2-3-9-4-7/h5,7,9,11H,2-4H2,1H3/t7-/m1/s1. The summed E-state index contributed by atoms with van der Waals surface area (Å²) < 4.78 is 26.6. The minimum absolute atomic E-state index is 0.0115. The molecule has 0 aliphatic carbocycles. The van der Waals surface area contributed by atoms with Crippen molar-refractivity contribution >= 4 is 21.4 Å². The molecule has 5 nitrogen and oxygen atoms in total. The van der Waals surface area contributed by atoms with Gasteiger partial charge in [0.1, 0.15) is 0 Å². The van der Waals surface area contributed by atoms with Crippen molar-refractivity contribution in [3.63, 3.8) is 0 Å². The number of nitrogens with one attached hydrogen (secondary N) is 2. The minimum Gasteiger partial charge on any atom is -0.315 e. The van der Waals surface area contributed by atoms with Crippen molar-refractivity contribution in [1.29, 1.82) is 0 Å². The smallest absolute Gasteiger partial charge is 0.251 e. The summed E-state index contributed by atoms with van der Waals surface area (Å²) in [4.78, 5) is 3.94. The third kappa shape index (κ3) is 2.54. The van der Waals surface area contributed by atoms with Crippen LogP contribution < -0.4 is 10.0 Å². The van der Waals surface area contributed by atoms with E-state index in [1.54, 1.807) is 6.92 Å². The van der Waals surface area contributed by atoms with Crippen LogP contribution in [0.3, 0.4) is 0 Å². The number of nitrogens with zero attached hydrogens (tertiary/aromatic N) is 1. The van der Waals surface area contributed by atoms with Gasteiger partial charge in [-0.2, -0.15) is 0 Å². The van der Waals surface area contributed by atoms with Crippen LogP contribution in [0.1, 0.15) is 11.4 Å². The minimum atomic E-state index is -3.36. The van der Waals surface area contributed by atoms with Gasteiger partial charge in [-0.05, 0) is 19.9 Å². The van der Waals surface area contributed by atoms with E-state index >= 15 is 0 Å². The zero-order chi connectivity index (χ0) is 10.9. The first-order chi connectivity index (χ1) is 7.08. The second-order valence-electron chi connectivity index (χ2n) is 3.51. The van der Waals surface area contributed by atoms with E-state index in [-0.39, 0.29) is 6.04 Å². The highest BCUT2D eigenvalue weighted by atomic mass is 32.2. The van der Waals surface area contributed by atoms with Crippen molar-refractivity contribution < 1.29 is 8.42 Å². The number of hydrogen-bond acceptors (Lipinski definition) is 5. The van der Waals surface area contributed by atoms with Gasteiger partial charge in [0.2, 0.25) is 0 Å². The molecule has 2 rings (SSSR count). The first kappa shape index (κ1) is 11.0. The molecule has 1 aromatic heterocycles. The van der Waals surface area contributed by atoms with Gasteiger partial charge < -0.3 is 5.32 Å². The van der Waals surface area contributed by atoms with E-state index in [1.165, 1.54) is 17.5 Å². The van der Waals surface area contributed by atoms with E-state index in [4.69, 9.17) is 0 Å². The van der Waals surface area contributed by atoms with E-state index in [9.17, 15) is 8.42 Å². The summed E-state index contributed by atoms with van der Waals surface area (Å²) in [7, 11) is -3.36. The Bertz CT molecular complexity index is 434. The molecule has 0 spiro atoms. The molecule has 1 aliphatic heterocycles. The van der Waals surface area contributed by atoms with E-state index < -0.39 is 10.0 Å². The summed E-state index contributed by atoms with van der Waals surface area (Å²) in [6.45, 7) is 3.37. The second kappa shape index (κ2) is 4.17. The highest BCUT2D eigenvalue weighted by molar-refractivity contribution is 7.91. The number of thiazole rings is 1. The summed E-state index contributed by atoms with van der Waals surface area (Å²) in [6.07, 6.45) is 2.25. The predicted octanol–water partition coefficient (Wildman–Crippen LogP) is 0.0917. The molecule has 0 bridgehead atoms. The van der Waals surface area contributed by atoms with Crippen LogP contribution in [0.5, 0.6) is 0 Å². The summed E-state index contributed by atoms with van der Waals surface area (Å²) >= 11 is 1.20. The fourth-order valence-electron chi connectivity index (χ4n) is 1.50. The molecule has 1 aliphatic rings. The number of sulfonamides is 1. The van der Waals surface area contributed by atoms with Gasteiger partial charge in [-0.15, -0.1) is 11.3 Å². The normalized spacial score (nSPS) is 22.1. The van der Waals surface area contributed by atoms with Crippen molar-refractivity contribution in [2.75, 3.05) is 13.1 Å². The van der Waals surface area contributed by atoms with Gasteiger partial charge in [0.15, 0.2) is 4.21 Å². The van der Waals surface area contributed by atoms with Crippen molar-refractivity contribution in [3.8, 4) is 0 Å². The van der Waals surface area contributed by atoms with Crippen molar-refractivity contribution in [3.05, 3.63) is 11.2 Å². The van der Waals surface area contributed by atoms with Crippen LogP contribution in [0, 0.1) is 6.92 Å². The maximum atomic E-state index is 11.8. The van der Waals surface area contributed by atoms with Crippen molar-refractivity contribution in [2.45, 2.75) is 23.6 Å². The molecule has 15 heavy (non-hydrogen) atoms. The second-order valence-corrected chi connectivity index (χ2v) is 6.68. The predicted molar refractivity (Wildman–Crippen MR) is 58.4 cm³/mol. The molecule has 1 atom stereocenters. The van der Waals surface area contributed by atoms with Crippen molar-refractivity contribution in [2.24, 2.45) is 0 Å². The Morgan fingerprint density at radius 2 is 2.47 bits per heavy atom. The third-order valence-electron chi connectivity index (χ3n) is 2.25. The van der Waals surface area contributed by atoms with Gasteiger partial charge in [0, 0.05) is 12.6 Å². The van der Waals surface area contributed by atoms with E-state index in [2.05, 4.69) is 15.0 Å². The Morgan fingerprint density at radius 1 is 1.67 bits per heavy atom.